The Bertz CT molecular complexity index is 544. The molecule has 0 saturated carbocycles. The van der Waals surface area contributed by atoms with Crippen molar-refractivity contribution in [2.24, 2.45) is 7.05 Å². The van der Waals surface area contributed by atoms with Gasteiger partial charge in [-0.05, 0) is 25.8 Å². The van der Waals surface area contributed by atoms with Gasteiger partial charge in [-0.1, -0.05) is 0 Å². The first-order valence-electron chi connectivity index (χ1n) is 6.24. The van der Waals surface area contributed by atoms with Crippen molar-refractivity contribution in [1.82, 2.24) is 9.29 Å². The van der Waals surface area contributed by atoms with E-state index in [2.05, 4.69) is 4.72 Å². The number of aryl methyl sites for hydroxylation is 1. The van der Waals surface area contributed by atoms with Gasteiger partial charge in [0.1, 0.15) is 0 Å². The summed E-state index contributed by atoms with van der Waals surface area (Å²) in [5.74, 6) is 0. The van der Waals surface area contributed by atoms with Crippen molar-refractivity contribution in [2.75, 3.05) is 13.2 Å². The average molecular weight is 288 g/mol. The predicted molar refractivity (Wildman–Crippen MR) is 70.1 cm³/mol. The average Bonchev–Trinajstić information content (AvgIpc) is 2.71. The third-order valence-electron chi connectivity index (χ3n) is 3.53. The van der Waals surface area contributed by atoms with Crippen molar-refractivity contribution in [3.8, 4) is 0 Å². The Morgan fingerprint density at radius 2 is 2.11 bits per heavy atom. The Kier molecular flexibility index (Phi) is 4.00. The monoisotopic (exact) mass is 288 g/mol. The van der Waals surface area contributed by atoms with E-state index in [9.17, 15) is 8.42 Å². The molecule has 0 aromatic carbocycles. The molecule has 2 heterocycles. The van der Waals surface area contributed by atoms with Crippen molar-refractivity contribution < 1.29 is 18.3 Å². The smallest absolute Gasteiger partial charge is 0.242 e. The Hall–Kier alpha value is -0.890. The lowest BCUT2D eigenvalue weighted by atomic mass is 9.94. The highest BCUT2D eigenvalue weighted by Crippen LogP contribution is 2.23. The molecule has 1 aromatic heterocycles. The van der Waals surface area contributed by atoms with Gasteiger partial charge in [-0.25, -0.2) is 13.1 Å². The van der Waals surface area contributed by atoms with E-state index in [4.69, 9.17) is 9.84 Å². The maximum atomic E-state index is 12.3. The number of sulfonamides is 1. The second-order valence-corrected chi connectivity index (χ2v) is 6.90. The number of nitrogens with zero attached hydrogens (tertiary/aromatic N) is 1. The van der Waals surface area contributed by atoms with E-state index >= 15 is 0 Å². The lowest BCUT2D eigenvalue weighted by Gasteiger charge is -2.33. The highest BCUT2D eigenvalue weighted by atomic mass is 32.2. The van der Waals surface area contributed by atoms with Gasteiger partial charge in [0.25, 0.3) is 0 Å². The number of hydrogen-bond donors (Lipinski definition) is 2. The van der Waals surface area contributed by atoms with E-state index in [1.807, 2.05) is 6.92 Å². The van der Waals surface area contributed by atoms with Crippen LogP contribution in [0.1, 0.15) is 25.5 Å². The first-order chi connectivity index (χ1) is 8.86. The zero-order chi connectivity index (χ0) is 14.1. The molecule has 0 atom stereocenters. The predicted octanol–water partition coefficient (Wildman–Crippen LogP) is 0.365. The summed E-state index contributed by atoms with van der Waals surface area (Å²) in [4.78, 5) is 0.187. The van der Waals surface area contributed by atoms with Gasteiger partial charge in [-0.3, -0.25) is 0 Å². The number of hydrogen-bond acceptors (Lipinski definition) is 4. The van der Waals surface area contributed by atoms with Crippen LogP contribution in [0, 0.1) is 0 Å². The van der Waals surface area contributed by atoms with Crippen LogP contribution in [0.5, 0.6) is 0 Å². The number of ether oxygens (including phenoxy) is 1. The summed E-state index contributed by atoms with van der Waals surface area (Å²) in [7, 11) is -1.86. The van der Waals surface area contributed by atoms with Gasteiger partial charge in [0, 0.05) is 37.7 Å². The van der Waals surface area contributed by atoms with Crippen LogP contribution in [0.2, 0.25) is 0 Å². The summed E-state index contributed by atoms with van der Waals surface area (Å²) < 4.78 is 34.3. The number of nitrogens with one attached hydrogen (secondary N) is 1. The van der Waals surface area contributed by atoms with Crippen LogP contribution >= 0.6 is 0 Å². The first-order valence-corrected chi connectivity index (χ1v) is 7.72. The topological polar surface area (TPSA) is 80.6 Å². The Morgan fingerprint density at radius 1 is 1.47 bits per heavy atom. The summed E-state index contributed by atoms with van der Waals surface area (Å²) in [6, 6.07) is 1.49. The summed E-state index contributed by atoms with van der Waals surface area (Å²) in [6.45, 7) is 2.84. The molecule has 2 N–H and O–H groups in total. The standard InChI is InChI=1S/C12H20N2O4S/c1-12(3-5-18-6-4-12)13-19(16,17)11-7-10(9-15)14(2)8-11/h7-8,13,15H,3-6,9H2,1-2H3. The third kappa shape index (κ3) is 3.17. The molecule has 0 unspecified atom stereocenters. The zero-order valence-corrected chi connectivity index (χ0v) is 12.0. The molecule has 1 aliphatic heterocycles. The van der Waals surface area contributed by atoms with Gasteiger partial charge in [0.05, 0.1) is 11.5 Å². The van der Waals surface area contributed by atoms with E-state index in [1.165, 1.54) is 12.3 Å². The summed E-state index contributed by atoms with van der Waals surface area (Å²) in [5.41, 5.74) is 0.101. The van der Waals surface area contributed by atoms with Crippen molar-refractivity contribution in [3.05, 3.63) is 18.0 Å². The number of rotatable bonds is 4. The van der Waals surface area contributed by atoms with Gasteiger partial charge in [0.2, 0.25) is 10.0 Å². The van der Waals surface area contributed by atoms with Crippen molar-refractivity contribution in [1.29, 1.82) is 0 Å². The highest BCUT2D eigenvalue weighted by molar-refractivity contribution is 7.89. The molecule has 1 saturated heterocycles. The van der Waals surface area contributed by atoms with Crippen LogP contribution in [0.4, 0.5) is 0 Å². The molecule has 0 radical (unpaired) electrons. The molecule has 0 amide bonds. The van der Waals surface area contributed by atoms with E-state index in [0.717, 1.165) is 0 Å². The normalized spacial score (nSPS) is 19.5. The molecule has 0 aliphatic carbocycles. The van der Waals surface area contributed by atoms with Crippen molar-refractivity contribution >= 4 is 10.0 Å². The highest BCUT2D eigenvalue weighted by Gasteiger charge is 2.33. The lowest BCUT2D eigenvalue weighted by Crippen LogP contribution is -2.49. The van der Waals surface area contributed by atoms with Crippen LogP contribution in [0.3, 0.4) is 0 Å². The minimum Gasteiger partial charge on any atom is -0.390 e. The maximum absolute atomic E-state index is 12.3. The SMILES string of the molecule is Cn1cc(S(=O)(=O)NC2(C)CCOCC2)cc1CO. The Morgan fingerprint density at radius 3 is 2.63 bits per heavy atom. The molecule has 1 aliphatic rings. The first kappa shape index (κ1) is 14.5. The van der Waals surface area contributed by atoms with Gasteiger partial charge < -0.3 is 14.4 Å². The molecule has 7 heteroatoms. The Labute approximate surface area is 113 Å². The molecular weight excluding hydrogens is 268 g/mol. The molecule has 2 rings (SSSR count). The molecular formula is C12H20N2O4S. The molecule has 1 aromatic rings. The second-order valence-electron chi connectivity index (χ2n) is 5.21. The zero-order valence-electron chi connectivity index (χ0n) is 11.2. The van der Waals surface area contributed by atoms with Gasteiger partial charge >= 0.3 is 0 Å². The summed E-state index contributed by atoms with van der Waals surface area (Å²) in [5, 5.41) is 9.12. The molecule has 6 nitrogen and oxygen atoms in total. The van der Waals surface area contributed by atoms with Gasteiger partial charge in [0.15, 0.2) is 0 Å². The van der Waals surface area contributed by atoms with E-state index in [1.54, 1.807) is 11.6 Å². The number of aliphatic hydroxyl groups is 1. The minimum atomic E-state index is -3.57. The Balaban J connectivity index is 2.21. The second kappa shape index (κ2) is 5.24. The summed E-state index contributed by atoms with van der Waals surface area (Å²) in [6.07, 6.45) is 2.83. The van der Waals surface area contributed by atoms with Crippen LogP contribution < -0.4 is 4.72 Å². The van der Waals surface area contributed by atoms with E-state index < -0.39 is 15.6 Å². The molecule has 19 heavy (non-hydrogen) atoms. The minimum absolute atomic E-state index is 0.183. The van der Waals surface area contributed by atoms with Gasteiger partial charge in [-0.2, -0.15) is 0 Å². The molecule has 0 bridgehead atoms. The fraction of sp³-hybridized carbons (Fsp3) is 0.667. The molecule has 108 valence electrons. The maximum Gasteiger partial charge on any atom is 0.242 e. The van der Waals surface area contributed by atoms with Crippen LogP contribution in [-0.4, -0.2) is 36.8 Å². The van der Waals surface area contributed by atoms with Crippen LogP contribution in [0.25, 0.3) is 0 Å². The van der Waals surface area contributed by atoms with Crippen LogP contribution in [-0.2, 0) is 28.4 Å². The fourth-order valence-corrected chi connectivity index (χ4v) is 3.75. The summed E-state index contributed by atoms with van der Waals surface area (Å²) >= 11 is 0. The van der Waals surface area contributed by atoms with E-state index in [0.29, 0.717) is 31.7 Å². The number of aromatic nitrogens is 1. The van der Waals surface area contributed by atoms with E-state index in [-0.39, 0.29) is 11.5 Å². The van der Waals surface area contributed by atoms with Gasteiger partial charge in [-0.15, -0.1) is 0 Å². The third-order valence-corrected chi connectivity index (χ3v) is 5.14. The largest absolute Gasteiger partial charge is 0.390 e. The lowest BCUT2D eigenvalue weighted by molar-refractivity contribution is 0.0537. The quantitative estimate of drug-likeness (QED) is 0.838. The fourth-order valence-electron chi connectivity index (χ4n) is 2.19. The molecule has 1 fully saturated rings. The number of aliphatic hydroxyl groups excluding tert-OH is 1. The van der Waals surface area contributed by atoms with Crippen molar-refractivity contribution in [3.63, 3.8) is 0 Å². The van der Waals surface area contributed by atoms with Crippen LogP contribution in [0.15, 0.2) is 17.2 Å². The molecule has 0 spiro atoms. The van der Waals surface area contributed by atoms with Crippen molar-refractivity contribution in [2.45, 2.75) is 36.8 Å².